The number of rotatable bonds is 3. The average Bonchev–Trinajstić information content (AvgIpc) is 2.30. The van der Waals surface area contributed by atoms with Crippen molar-refractivity contribution in [2.24, 2.45) is 7.05 Å². The van der Waals surface area contributed by atoms with Gasteiger partial charge in [-0.05, 0) is 20.4 Å². The van der Waals surface area contributed by atoms with Crippen LogP contribution in [0.15, 0.2) is 6.20 Å². The van der Waals surface area contributed by atoms with Crippen molar-refractivity contribution in [2.75, 3.05) is 6.54 Å². The van der Waals surface area contributed by atoms with Gasteiger partial charge in [0.25, 0.3) is 0 Å². The third-order valence-corrected chi connectivity index (χ3v) is 2.03. The van der Waals surface area contributed by atoms with E-state index in [4.69, 9.17) is 0 Å². The van der Waals surface area contributed by atoms with Crippen LogP contribution in [0.2, 0.25) is 0 Å². The number of aromatic nitrogens is 2. The fourth-order valence-corrected chi connectivity index (χ4v) is 1.46. The average molecular weight is 167 g/mol. The van der Waals surface area contributed by atoms with Crippen LogP contribution in [0.1, 0.15) is 31.1 Å². The fraction of sp³-hybridized carbons (Fsp3) is 0.667. The summed E-state index contributed by atoms with van der Waals surface area (Å²) in [5.74, 6) is 0. The summed E-state index contributed by atoms with van der Waals surface area (Å²) < 4.78 is 1.86. The monoisotopic (exact) mass is 167 g/mol. The van der Waals surface area contributed by atoms with Gasteiger partial charge in [-0.3, -0.25) is 4.68 Å². The predicted molar refractivity (Wildman–Crippen MR) is 50.0 cm³/mol. The number of hydrogen-bond acceptors (Lipinski definition) is 2. The van der Waals surface area contributed by atoms with Gasteiger partial charge in [-0.2, -0.15) is 5.10 Å². The largest absolute Gasteiger partial charge is 0.310 e. The first kappa shape index (κ1) is 9.26. The van der Waals surface area contributed by atoms with Crippen molar-refractivity contribution >= 4 is 0 Å². The molecule has 12 heavy (non-hydrogen) atoms. The molecule has 1 atom stereocenters. The van der Waals surface area contributed by atoms with Gasteiger partial charge in [-0.1, -0.05) is 6.92 Å². The van der Waals surface area contributed by atoms with Gasteiger partial charge in [0.2, 0.25) is 0 Å². The molecule has 0 saturated heterocycles. The summed E-state index contributed by atoms with van der Waals surface area (Å²) in [4.78, 5) is 0. The second-order valence-corrected chi connectivity index (χ2v) is 3.12. The van der Waals surface area contributed by atoms with E-state index in [0.29, 0.717) is 6.04 Å². The summed E-state index contributed by atoms with van der Waals surface area (Å²) in [5, 5.41) is 7.65. The maximum absolute atomic E-state index is 4.29. The van der Waals surface area contributed by atoms with Crippen molar-refractivity contribution in [1.29, 1.82) is 0 Å². The van der Waals surface area contributed by atoms with E-state index in [9.17, 15) is 0 Å². The van der Waals surface area contributed by atoms with E-state index in [0.717, 1.165) is 12.2 Å². The Bertz CT molecular complexity index is 252. The van der Waals surface area contributed by atoms with E-state index in [2.05, 4.69) is 30.5 Å². The summed E-state index contributed by atoms with van der Waals surface area (Å²) in [6.45, 7) is 7.31. The highest BCUT2D eigenvalue weighted by Gasteiger charge is 2.09. The summed E-state index contributed by atoms with van der Waals surface area (Å²) in [6, 6.07) is 0.406. The van der Waals surface area contributed by atoms with Gasteiger partial charge in [-0.25, -0.2) is 0 Å². The maximum atomic E-state index is 4.29. The zero-order chi connectivity index (χ0) is 9.14. The van der Waals surface area contributed by atoms with Crippen LogP contribution in [0.4, 0.5) is 0 Å². The standard InChI is InChI=1S/C9H17N3/c1-5-10-7(2)9-6-12(4)11-8(9)3/h6-7,10H,5H2,1-4H3. The van der Waals surface area contributed by atoms with Crippen molar-refractivity contribution in [2.45, 2.75) is 26.8 Å². The molecule has 0 aromatic carbocycles. The summed E-state index contributed by atoms with van der Waals surface area (Å²) >= 11 is 0. The first-order chi connectivity index (χ1) is 5.65. The summed E-state index contributed by atoms with van der Waals surface area (Å²) in [7, 11) is 1.95. The number of aryl methyl sites for hydroxylation is 2. The Morgan fingerprint density at radius 1 is 1.67 bits per heavy atom. The SMILES string of the molecule is CCNC(C)c1cn(C)nc1C. The molecule has 0 saturated carbocycles. The lowest BCUT2D eigenvalue weighted by atomic mass is 10.1. The lowest BCUT2D eigenvalue weighted by molar-refractivity contribution is 0.595. The van der Waals surface area contributed by atoms with Gasteiger partial charge in [0.05, 0.1) is 5.69 Å². The van der Waals surface area contributed by atoms with Crippen LogP contribution in [0, 0.1) is 6.92 Å². The van der Waals surface area contributed by atoms with Crippen LogP contribution in [-0.2, 0) is 7.05 Å². The molecule has 1 unspecified atom stereocenters. The first-order valence-corrected chi connectivity index (χ1v) is 4.38. The van der Waals surface area contributed by atoms with Gasteiger partial charge in [0, 0.05) is 24.8 Å². The Labute approximate surface area is 73.8 Å². The summed E-state index contributed by atoms with van der Waals surface area (Å²) in [6.07, 6.45) is 2.07. The first-order valence-electron chi connectivity index (χ1n) is 4.38. The van der Waals surface area contributed by atoms with Crippen molar-refractivity contribution in [3.8, 4) is 0 Å². The van der Waals surface area contributed by atoms with E-state index in [1.807, 2.05) is 18.7 Å². The van der Waals surface area contributed by atoms with Crippen LogP contribution < -0.4 is 5.32 Å². The number of nitrogens with one attached hydrogen (secondary N) is 1. The number of hydrogen-bond donors (Lipinski definition) is 1. The normalized spacial score (nSPS) is 13.3. The Kier molecular flexibility index (Phi) is 2.87. The predicted octanol–water partition coefficient (Wildman–Crippen LogP) is 1.40. The van der Waals surface area contributed by atoms with Gasteiger partial charge >= 0.3 is 0 Å². The molecule has 0 fully saturated rings. The molecule has 0 radical (unpaired) electrons. The third-order valence-electron chi connectivity index (χ3n) is 2.03. The van der Waals surface area contributed by atoms with Gasteiger partial charge < -0.3 is 5.32 Å². The second kappa shape index (κ2) is 3.72. The molecule has 3 nitrogen and oxygen atoms in total. The minimum absolute atomic E-state index is 0.406. The molecule has 0 aliphatic heterocycles. The van der Waals surface area contributed by atoms with E-state index in [1.54, 1.807) is 0 Å². The van der Waals surface area contributed by atoms with Crippen molar-refractivity contribution < 1.29 is 0 Å². The highest BCUT2D eigenvalue weighted by atomic mass is 15.3. The van der Waals surface area contributed by atoms with Crippen LogP contribution in [0.5, 0.6) is 0 Å². The molecule has 1 heterocycles. The number of nitrogens with zero attached hydrogens (tertiary/aromatic N) is 2. The van der Waals surface area contributed by atoms with Gasteiger partial charge in [0.1, 0.15) is 0 Å². The molecular weight excluding hydrogens is 150 g/mol. The lowest BCUT2D eigenvalue weighted by Gasteiger charge is -2.10. The minimum atomic E-state index is 0.406. The van der Waals surface area contributed by atoms with Crippen molar-refractivity contribution in [1.82, 2.24) is 15.1 Å². The van der Waals surface area contributed by atoms with Crippen LogP contribution in [-0.4, -0.2) is 16.3 Å². The highest BCUT2D eigenvalue weighted by Crippen LogP contribution is 2.14. The zero-order valence-electron chi connectivity index (χ0n) is 8.26. The molecule has 0 spiro atoms. The van der Waals surface area contributed by atoms with E-state index in [1.165, 1.54) is 5.56 Å². The summed E-state index contributed by atoms with van der Waals surface area (Å²) in [5.41, 5.74) is 2.41. The van der Waals surface area contributed by atoms with Crippen LogP contribution in [0.3, 0.4) is 0 Å². The Morgan fingerprint density at radius 2 is 2.33 bits per heavy atom. The Balaban J connectivity index is 2.79. The molecule has 3 heteroatoms. The van der Waals surface area contributed by atoms with Crippen molar-refractivity contribution in [3.05, 3.63) is 17.5 Å². The third kappa shape index (κ3) is 1.85. The van der Waals surface area contributed by atoms with Crippen molar-refractivity contribution in [3.63, 3.8) is 0 Å². The molecule has 1 N–H and O–H groups in total. The van der Waals surface area contributed by atoms with Gasteiger partial charge in [0.15, 0.2) is 0 Å². The topological polar surface area (TPSA) is 29.9 Å². The minimum Gasteiger partial charge on any atom is -0.310 e. The van der Waals surface area contributed by atoms with E-state index < -0.39 is 0 Å². The molecular formula is C9H17N3. The highest BCUT2D eigenvalue weighted by molar-refractivity contribution is 5.19. The molecule has 0 aliphatic carbocycles. The second-order valence-electron chi connectivity index (χ2n) is 3.12. The van der Waals surface area contributed by atoms with Crippen LogP contribution in [0.25, 0.3) is 0 Å². The smallest absolute Gasteiger partial charge is 0.0641 e. The molecule has 68 valence electrons. The molecule has 1 rings (SSSR count). The molecule has 0 amide bonds. The molecule has 0 bridgehead atoms. The van der Waals surface area contributed by atoms with Gasteiger partial charge in [-0.15, -0.1) is 0 Å². The lowest BCUT2D eigenvalue weighted by Crippen LogP contribution is -2.17. The quantitative estimate of drug-likeness (QED) is 0.737. The molecule has 0 aliphatic rings. The van der Waals surface area contributed by atoms with E-state index in [-0.39, 0.29) is 0 Å². The zero-order valence-corrected chi connectivity index (χ0v) is 8.26. The Hall–Kier alpha value is -0.830. The molecule has 1 aromatic heterocycles. The molecule has 1 aromatic rings. The van der Waals surface area contributed by atoms with Crippen LogP contribution >= 0.6 is 0 Å². The fourth-order valence-electron chi connectivity index (χ4n) is 1.46. The maximum Gasteiger partial charge on any atom is 0.0641 e. The Morgan fingerprint density at radius 3 is 2.75 bits per heavy atom. The van der Waals surface area contributed by atoms with E-state index >= 15 is 0 Å².